The highest BCUT2D eigenvalue weighted by Crippen LogP contribution is 2.32. The molecule has 0 unspecified atom stereocenters. The first-order chi connectivity index (χ1) is 9.88. The van der Waals surface area contributed by atoms with E-state index in [2.05, 4.69) is 19.7 Å². The molecule has 0 saturated heterocycles. The minimum Gasteiger partial charge on any atom is -0.368 e. The normalized spacial score (nSPS) is 16.8. The van der Waals surface area contributed by atoms with Gasteiger partial charge in [0.2, 0.25) is 5.95 Å². The molecule has 118 valence electrons. The molecule has 5 nitrogen and oxygen atoms in total. The summed E-state index contributed by atoms with van der Waals surface area (Å²) in [5.74, 6) is -3.44. The standard InChI is InChI=1S/C12H16F4N4O/c13-10(14)12(15,16)6-21-5-8-18-9(20-11(17)19-8)7-3-1-2-4-7/h7,10H,1-6H2,(H2,17,18,19,20). The Balaban J connectivity index is 1.97. The molecular weight excluding hydrogens is 292 g/mol. The maximum absolute atomic E-state index is 12.7. The second-order valence-corrected chi connectivity index (χ2v) is 5.00. The van der Waals surface area contributed by atoms with Gasteiger partial charge in [0.25, 0.3) is 0 Å². The molecule has 1 saturated carbocycles. The van der Waals surface area contributed by atoms with Crippen LogP contribution in [0.4, 0.5) is 23.5 Å². The number of aromatic nitrogens is 3. The first-order valence-corrected chi connectivity index (χ1v) is 6.62. The quantitative estimate of drug-likeness (QED) is 0.817. The molecule has 2 N–H and O–H groups in total. The molecule has 9 heteroatoms. The van der Waals surface area contributed by atoms with Gasteiger partial charge in [-0.15, -0.1) is 0 Å². The number of ether oxygens (including phenoxy) is 1. The Kier molecular flexibility index (Phi) is 4.92. The Morgan fingerprint density at radius 3 is 2.48 bits per heavy atom. The van der Waals surface area contributed by atoms with Crippen LogP contribution in [0.1, 0.15) is 43.3 Å². The van der Waals surface area contributed by atoms with Crippen molar-refractivity contribution in [2.75, 3.05) is 12.3 Å². The molecule has 1 heterocycles. The second kappa shape index (κ2) is 6.50. The van der Waals surface area contributed by atoms with E-state index in [9.17, 15) is 17.6 Å². The van der Waals surface area contributed by atoms with E-state index in [-0.39, 0.29) is 17.7 Å². The average Bonchev–Trinajstić information content (AvgIpc) is 2.91. The van der Waals surface area contributed by atoms with Crippen molar-refractivity contribution in [3.8, 4) is 0 Å². The Hall–Kier alpha value is -1.51. The third-order valence-electron chi connectivity index (χ3n) is 3.28. The van der Waals surface area contributed by atoms with Crippen molar-refractivity contribution in [1.29, 1.82) is 0 Å². The summed E-state index contributed by atoms with van der Waals surface area (Å²) < 4.78 is 53.9. The lowest BCUT2D eigenvalue weighted by Gasteiger charge is -2.15. The zero-order valence-electron chi connectivity index (χ0n) is 11.2. The molecule has 1 aromatic rings. The first-order valence-electron chi connectivity index (χ1n) is 6.62. The molecule has 1 fully saturated rings. The molecule has 2 rings (SSSR count). The van der Waals surface area contributed by atoms with Crippen LogP contribution in [0, 0.1) is 0 Å². The molecule has 1 aliphatic carbocycles. The van der Waals surface area contributed by atoms with Gasteiger partial charge in [-0.1, -0.05) is 12.8 Å². The molecule has 0 aromatic carbocycles. The molecule has 0 spiro atoms. The van der Waals surface area contributed by atoms with Gasteiger partial charge in [-0.2, -0.15) is 18.7 Å². The molecule has 0 atom stereocenters. The van der Waals surface area contributed by atoms with Crippen molar-refractivity contribution in [2.24, 2.45) is 0 Å². The topological polar surface area (TPSA) is 73.9 Å². The number of nitrogens with two attached hydrogens (primary N) is 1. The Bertz CT molecular complexity index is 480. The van der Waals surface area contributed by atoms with E-state index < -0.39 is 25.6 Å². The van der Waals surface area contributed by atoms with Crippen LogP contribution in [0.15, 0.2) is 0 Å². The summed E-state index contributed by atoms with van der Waals surface area (Å²) in [6, 6.07) is 0. The molecule has 0 radical (unpaired) electrons. The number of rotatable bonds is 6. The molecule has 0 bridgehead atoms. The third kappa shape index (κ3) is 4.23. The lowest BCUT2D eigenvalue weighted by molar-refractivity contribution is -0.168. The van der Waals surface area contributed by atoms with E-state index in [1.807, 2.05) is 0 Å². The van der Waals surface area contributed by atoms with Crippen LogP contribution in [-0.2, 0) is 11.3 Å². The van der Waals surface area contributed by atoms with E-state index in [1.54, 1.807) is 0 Å². The summed E-state index contributed by atoms with van der Waals surface area (Å²) in [4.78, 5) is 11.9. The van der Waals surface area contributed by atoms with Crippen LogP contribution in [0.25, 0.3) is 0 Å². The average molecular weight is 308 g/mol. The fourth-order valence-electron chi connectivity index (χ4n) is 2.23. The number of anilines is 1. The van der Waals surface area contributed by atoms with Gasteiger partial charge in [0.15, 0.2) is 5.82 Å². The third-order valence-corrected chi connectivity index (χ3v) is 3.28. The first kappa shape index (κ1) is 15.9. The van der Waals surface area contributed by atoms with Crippen LogP contribution in [0.2, 0.25) is 0 Å². The molecule has 1 aromatic heterocycles. The van der Waals surface area contributed by atoms with Gasteiger partial charge in [0.05, 0.1) is 0 Å². The summed E-state index contributed by atoms with van der Waals surface area (Å²) >= 11 is 0. The minimum absolute atomic E-state index is 0.0221. The van der Waals surface area contributed by atoms with Gasteiger partial charge in [0, 0.05) is 5.92 Å². The number of halogens is 4. The van der Waals surface area contributed by atoms with Crippen LogP contribution >= 0.6 is 0 Å². The van der Waals surface area contributed by atoms with Crippen molar-refractivity contribution in [3.05, 3.63) is 11.6 Å². The fraction of sp³-hybridized carbons (Fsp3) is 0.750. The predicted molar refractivity (Wildman–Crippen MR) is 66.1 cm³/mol. The van der Waals surface area contributed by atoms with E-state index in [4.69, 9.17) is 5.73 Å². The SMILES string of the molecule is Nc1nc(COCC(F)(F)C(F)F)nc(C2CCCC2)n1. The highest BCUT2D eigenvalue weighted by Gasteiger charge is 2.41. The van der Waals surface area contributed by atoms with Crippen LogP contribution < -0.4 is 5.73 Å². The summed E-state index contributed by atoms with van der Waals surface area (Å²) in [7, 11) is 0. The summed E-state index contributed by atoms with van der Waals surface area (Å²) in [5.41, 5.74) is 5.55. The van der Waals surface area contributed by atoms with Gasteiger partial charge in [-0.05, 0) is 12.8 Å². The van der Waals surface area contributed by atoms with Crippen molar-refractivity contribution >= 4 is 5.95 Å². The molecular formula is C12H16F4N4O. The molecule has 0 amide bonds. The van der Waals surface area contributed by atoms with E-state index in [0.717, 1.165) is 25.7 Å². The maximum Gasteiger partial charge on any atom is 0.330 e. The Morgan fingerprint density at radius 1 is 1.19 bits per heavy atom. The van der Waals surface area contributed by atoms with Gasteiger partial charge in [0.1, 0.15) is 19.0 Å². The van der Waals surface area contributed by atoms with Crippen molar-refractivity contribution in [1.82, 2.24) is 15.0 Å². The smallest absolute Gasteiger partial charge is 0.330 e. The lowest BCUT2D eigenvalue weighted by atomic mass is 10.1. The van der Waals surface area contributed by atoms with Gasteiger partial charge in [-0.3, -0.25) is 0 Å². The summed E-state index contributed by atoms with van der Waals surface area (Å²) in [6.07, 6.45) is 0.251. The van der Waals surface area contributed by atoms with Crippen LogP contribution in [0.3, 0.4) is 0 Å². The highest BCUT2D eigenvalue weighted by atomic mass is 19.3. The minimum atomic E-state index is -4.19. The number of hydrogen-bond acceptors (Lipinski definition) is 5. The summed E-state index contributed by atoms with van der Waals surface area (Å²) in [5, 5.41) is 0. The predicted octanol–water partition coefficient (Wildman–Crippen LogP) is 2.53. The van der Waals surface area contributed by atoms with Crippen molar-refractivity contribution in [2.45, 2.75) is 50.6 Å². The highest BCUT2D eigenvalue weighted by molar-refractivity contribution is 5.17. The maximum atomic E-state index is 12.7. The number of nitrogen functional groups attached to an aromatic ring is 1. The molecule has 0 aliphatic heterocycles. The summed E-state index contributed by atoms with van der Waals surface area (Å²) in [6.45, 7) is -1.80. The number of alkyl halides is 4. The van der Waals surface area contributed by atoms with Crippen molar-refractivity contribution < 1.29 is 22.3 Å². The number of hydrogen-bond donors (Lipinski definition) is 1. The monoisotopic (exact) mass is 308 g/mol. The lowest BCUT2D eigenvalue weighted by Crippen LogP contribution is -2.32. The van der Waals surface area contributed by atoms with Gasteiger partial charge in [-0.25, -0.2) is 13.8 Å². The van der Waals surface area contributed by atoms with Gasteiger partial charge < -0.3 is 10.5 Å². The van der Waals surface area contributed by atoms with Gasteiger partial charge >= 0.3 is 12.3 Å². The largest absolute Gasteiger partial charge is 0.368 e. The van der Waals surface area contributed by atoms with E-state index in [1.165, 1.54) is 0 Å². The van der Waals surface area contributed by atoms with Crippen molar-refractivity contribution in [3.63, 3.8) is 0 Å². The van der Waals surface area contributed by atoms with Crippen LogP contribution in [0.5, 0.6) is 0 Å². The van der Waals surface area contributed by atoms with Crippen LogP contribution in [-0.4, -0.2) is 33.9 Å². The molecule has 21 heavy (non-hydrogen) atoms. The Labute approximate surface area is 118 Å². The molecule has 1 aliphatic rings. The van der Waals surface area contributed by atoms with E-state index >= 15 is 0 Å². The van der Waals surface area contributed by atoms with E-state index in [0.29, 0.717) is 5.82 Å². The second-order valence-electron chi connectivity index (χ2n) is 5.00. The fourth-order valence-corrected chi connectivity index (χ4v) is 2.23. The zero-order chi connectivity index (χ0) is 15.5. The number of nitrogens with zero attached hydrogens (tertiary/aromatic N) is 3. The Morgan fingerprint density at radius 2 is 1.86 bits per heavy atom. The zero-order valence-corrected chi connectivity index (χ0v) is 11.2.